The summed E-state index contributed by atoms with van der Waals surface area (Å²) in [6.07, 6.45) is 3.90. The molecule has 0 unspecified atom stereocenters. The summed E-state index contributed by atoms with van der Waals surface area (Å²) in [5.74, 6) is 0. The van der Waals surface area contributed by atoms with Crippen LogP contribution in [0.5, 0.6) is 0 Å². The number of aromatic amines is 1. The molecule has 0 atom stereocenters. The molecule has 2 aromatic heterocycles. The lowest BCUT2D eigenvalue weighted by atomic mass is 10.0. The Kier molecular flexibility index (Phi) is 4.23. The van der Waals surface area contributed by atoms with Gasteiger partial charge in [-0.15, -0.1) is 0 Å². The highest BCUT2D eigenvalue weighted by molar-refractivity contribution is 6.42. The van der Waals surface area contributed by atoms with Crippen LogP contribution in [-0.2, 0) is 12.8 Å². The molecular weight excluding hydrogens is 321 g/mol. The van der Waals surface area contributed by atoms with E-state index in [9.17, 15) is 4.79 Å². The summed E-state index contributed by atoms with van der Waals surface area (Å²) < 4.78 is 1.46. The standard InChI is InChI=1S/C16H15Cl2N3O/c1-2-3-14-11(8-10-4-5-12(17)13(18)9-10)16(22)21-15(20-14)6-7-19-21/h4-7,9,19H,2-3,8H2,1H3. The molecule has 0 saturated heterocycles. The van der Waals surface area contributed by atoms with E-state index < -0.39 is 0 Å². The molecule has 0 bridgehead atoms. The van der Waals surface area contributed by atoms with Gasteiger partial charge in [0.25, 0.3) is 5.56 Å². The number of halogens is 2. The molecule has 3 aromatic rings. The number of hydrogen-bond acceptors (Lipinski definition) is 2. The number of fused-ring (bicyclic) bond motifs is 1. The third-order valence-corrected chi connectivity index (χ3v) is 4.31. The minimum absolute atomic E-state index is 0.0653. The van der Waals surface area contributed by atoms with Crippen LogP contribution in [0.3, 0.4) is 0 Å². The molecule has 6 heteroatoms. The monoisotopic (exact) mass is 335 g/mol. The predicted octanol–water partition coefficient (Wildman–Crippen LogP) is 3.87. The molecule has 1 N–H and O–H groups in total. The third-order valence-electron chi connectivity index (χ3n) is 3.58. The molecule has 0 aliphatic carbocycles. The molecule has 0 amide bonds. The molecule has 114 valence electrons. The summed E-state index contributed by atoms with van der Waals surface area (Å²) in [7, 11) is 0. The van der Waals surface area contributed by atoms with Crippen LogP contribution in [0.4, 0.5) is 0 Å². The molecule has 2 heterocycles. The fourth-order valence-corrected chi connectivity index (χ4v) is 2.84. The molecular formula is C16H15Cl2N3O. The van der Waals surface area contributed by atoms with Gasteiger partial charge in [0.2, 0.25) is 0 Å². The number of rotatable bonds is 4. The first-order valence-electron chi connectivity index (χ1n) is 7.12. The van der Waals surface area contributed by atoms with Gasteiger partial charge >= 0.3 is 0 Å². The number of aromatic nitrogens is 3. The van der Waals surface area contributed by atoms with Crippen molar-refractivity contribution in [3.63, 3.8) is 0 Å². The predicted molar refractivity (Wildman–Crippen MR) is 89.1 cm³/mol. The Balaban J connectivity index is 2.11. The maximum atomic E-state index is 12.7. The van der Waals surface area contributed by atoms with Gasteiger partial charge in [-0.25, -0.2) is 9.50 Å². The quantitative estimate of drug-likeness (QED) is 0.786. The Labute approximate surface area is 137 Å². The second-order valence-electron chi connectivity index (χ2n) is 5.17. The Bertz CT molecular complexity index is 883. The van der Waals surface area contributed by atoms with Crippen LogP contribution in [-0.4, -0.2) is 14.6 Å². The van der Waals surface area contributed by atoms with E-state index in [1.807, 2.05) is 6.07 Å². The first-order valence-corrected chi connectivity index (χ1v) is 7.87. The van der Waals surface area contributed by atoms with E-state index in [2.05, 4.69) is 17.0 Å². The molecule has 0 aliphatic rings. The SMILES string of the molecule is CCCc1nc2cc[nH]n2c(=O)c1Cc1ccc(Cl)c(Cl)c1. The molecule has 0 fully saturated rings. The van der Waals surface area contributed by atoms with Crippen molar-refractivity contribution in [3.8, 4) is 0 Å². The summed E-state index contributed by atoms with van der Waals surface area (Å²) >= 11 is 12.0. The zero-order valence-electron chi connectivity index (χ0n) is 12.1. The summed E-state index contributed by atoms with van der Waals surface area (Å²) in [6.45, 7) is 2.07. The maximum absolute atomic E-state index is 12.7. The van der Waals surface area contributed by atoms with Gasteiger partial charge in [0.1, 0.15) is 0 Å². The van der Waals surface area contributed by atoms with Crippen LogP contribution in [0, 0.1) is 0 Å². The molecule has 4 nitrogen and oxygen atoms in total. The highest BCUT2D eigenvalue weighted by atomic mass is 35.5. The van der Waals surface area contributed by atoms with Crippen molar-refractivity contribution in [2.75, 3.05) is 0 Å². The van der Waals surface area contributed by atoms with Crippen LogP contribution < -0.4 is 5.56 Å². The van der Waals surface area contributed by atoms with E-state index in [0.29, 0.717) is 27.7 Å². The maximum Gasteiger partial charge on any atom is 0.276 e. The van der Waals surface area contributed by atoms with Crippen molar-refractivity contribution in [2.45, 2.75) is 26.2 Å². The van der Waals surface area contributed by atoms with Gasteiger partial charge in [-0.2, -0.15) is 0 Å². The smallest absolute Gasteiger partial charge is 0.276 e. The lowest BCUT2D eigenvalue weighted by Gasteiger charge is -2.09. The van der Waals surface area contributed by atoms with Gasteiger partial charge in [-0.1, -0.05) is 42.6 Å². The normalized spacial score (nSPS) is 11.2. The summed E-state index contributed by atoms with van der Waals surface area (Å²) in [5, 5.41) is 3.90. The first kappa shape index (κ1) is 15.1. The average Bonchev–Trinajstić information content (AvgIpc) is 2.95. The summed E-state index contributed by atoms with van der Waals surface area (Å²) in [4.78, 5) is 17.3. The molecule has 0 spiro atoms. The Morgan fingerprint density at radius 3 is 2.77 bits per heavy atom. The van der Waals surface area contributed by atoms with Gasteiger partial charge in [-0.3, -0.25) is 9.89 Å². The van der Waals surface area contributed by atoms with Crippen LogP contribution >= 0.6 is 23.2 Å². The lowest BCUT2D eigenvalue weighted by Crippen LogP contribution is -2.23. The number of benzene rings is 1. The Hall–Kier alpha value is -1.78. The fraction of sp³-hybridized carbons (Fsp3) is 0.250. The third kappa shape index (κ3) is 2.76. The van der Waals surface area contributed by atoms with Crippen LogP contribution in [0.25, 0.3) is 5.65 Å². The average molecular weight is 336 g/mol. The zero-order chi connectivity index (χ0) is 15.7. The first-order chi connectivity index (χ1) is 10.6. The Morgan fingerprint density at radius 1 is 1.23 bits per heavy atom. The van der Waals surface area contributed by atoms with Crippen LogP contribution in [0.2, 0.25) is 10.0 Å². The van der Waals surface area contributed by atoms with E-state index in [-0.39, 0.29) is 5.56 Å². The zero-order valence-corrected chi connectivity index (χ0v) is 13.6. The van der Waals surface area contributed by atoms with Gasteiger partial charge in [-0.05, 0) is 24.1 Å². The minimum atomic E-state index is -0.0653. The van der Waals surface area contributed by atoms with E-state index in [4.69, 9.17) is 23.2 Å². The van der Waals surface area contributed by atoms with E-state index in [0.717, 1.165) is 24.1 Å². The van der Waals surface area contributed by atoms with Gasteiger partial charge in [0.15, 0.2) is 5.65 Å². The van der Waals surface area contributed by atoms with E-state index in [1.165, 1.54) is 4.52 Å². The van der Waals surface area contributed by atoms with Crippen molar-refractivity contribution in [3.05, 3.63) is 67.7 Å². The highest BCUT2D eigenvalue weighted by Gasteiger charge is 2.14. The molecule has 22 heavy (non-hydrogen) atoms. The van der Waals surface area contributed by atoms with Crippen LogP contribution in [0.15, 0.2) is 35.3 Å². The second-order valence-corrected chi connectivity index (χ2v) is 5.99. The largest absolute Gasteiger partial charge is 0.297 e. The topological polar surface area (TPSA) is 50.2 Å². The van der Waals surface area contributed by atoms with Gasteiger partial charge in [0, 0.05) is 24.2 Å². The number of aryl methyl sites for hydroxylation is 1. The van der Waals surface area contributed by atoms with Crippen molar-refractivity contribution in [2.24, 2.45) is 0 Å². The number of nitrogens with one attached hydrogen (secondary N) is 1. The minimum Gasteiger partial charge on any atom is -0.297 e. The number of nitrogens with zero attached hydrogens (tertiary/aromatic N) is 2. The summed E-state index contributed by atoms with van der Waals surface area (Å²) in [5.41, 5.74) is 3.06. The molecule has 0 saturated carbocycles. The highest BCUT2D eigenvalue weighted by Crippen LogP contribution is 2.24. The number of H-pyrrole nitrogens is 1. The second kappa shape index (κ2) is 6.15. The number of hydrogen-bond donors (Lipinski definition) is 1. The molecule has 0 aliphatic heterocycles. The van der Waals surface area contributed by atoms with E-state index >= 15 is 0 Å². The van der Waals surface area contributed by atoms with Gasteiger partial charge < -0.3 is 0 Å². The molecule has 0 radical (unpaired) electrons. The fourth-order valence-electron chi connectivity index (χ4n) is 2.52. The van der Waals surface area contributed by atoms with Gasteiger partial charge in [0.05, 0.1) is 15.7 Å². The van der Waals surface area contributed by atoms with Crippen molar-refractivity contribution < 1.29 is 0 Å². The lowest BCUT2D eigenvalue weighted by molar-refractivity contribution is 0.809. The van der Waals surface area contributed by atoms with Crippen molar-refractivity contribution in [1.82, 2.24) is 14.6 Å². The van der Waals surface area contributed by atoms with Crippen LogP contribution in [0.1, 0.15) is 30.2 Å². The molecule has 3 rings (SSSR count). The summed E-state index contributed by atoms with van der Waals surface area (Å²) in [6, 6.07) is 7.22. The Morgan fingerprint density at radius 2 is 2.05 bits per heavy atom. The molecule has 1 aromatic carbocycles. The van der Waals surface area contributed by atoms with Crippen molar-refractivity contribution >= 4 is 28.8 Å². The van der Waals surface area contributed by atoms with Crippen molar-refractivity contribution in [1.29, 1.82) is 0 Å². The van der Waals surface area contributed by atoms with E-state index in [1.54, 1.807) is 24.4 Å².